The van der Waals surface area contributed by atoms with Crippen LogP contribution in [-0.2, 0) is 17.4 Å². The van der Waals surface area contributed by atoms with Crippen molar-refractivity contribution in [2.24, 2.45) is 0 Å². The molecule has 0 aliphatic carbocycles. The van der Waals surface area contributed by atoms with Gasteiger partial charge in [0, 0.05) is 12.1 Å². The van der Waals surface area contributed by atoms with Crippen molar-refractivity contribution in [1.29, 1.82) is 0 Å². The summed E-state index contributed by atoms with van der Waals surface area (Å²) in [6, 6.07) is 12.5. The molecule has 3 rings (SSSR count). The van der Waals surface area contributed by atoms with Gasteiger partial charge < -0.3 is 10.1 Å². The first kappa shape index (κ1) is 21.2. The van der Waals surface area contributed by atoms with E-state index in [1.54, 1.807) is 7.11 Å². The van der Waals surface area contributed by atoms with Crippen LogP contribution in [0.25, 0.3) is 0 Å². The molecule has 0 spiro atoms. The molecule has 1 atom stereocenters. The third-order valence-corrected chi connectivity index (χ3v) is 5.22. The molecule has 1 heterocycles. The van der Waals surface area contributed by atoms with Gasteiger partial charge in [-0.1, -0.05) is 30.3 Å². The van der Waals surface area contributed by atoms with E-state index in [0.29, 0.717) is 12.1 Å². The Bertz CT molecular complexity index is 816. The molecule has 2 aromatic carbocycles. The molecular weight excluding hydrogens is 381 g/mol. The molecule has 1 amide bonds. The Morgan fingerprint density at radius 1 is 1.10 bits per heavy atom. The lowest BCUT2D eigenvalue weighted by atomic mass is 10.0. The molecule has 0 saturated carbocycles. The maximum absolute atomic E-state index is 12.7. The summed E-state index contributed by atoms with van der Waals surface area (Å²) in [7, 11) is 1.63. The first-order valence-electron chi connectivity index (χ1n) is 9.68. The van der Waals surface area contributed by atoms with E-state index in [-0.39, 0.29) is 18.4 Å². The number of rotatable bonds is 7. The zero-order valence-corrected chi connectivity index (χ0v) is 16.3. The highest BCUT2D eigenvalue weighted by atomic mass is 19.4. The van der Waals surface area contributed by atoms with Crippen LogP contribution < -0.4 is 10.1 Å². The molecule has 7 heteroatoms. The maximum Gasteiger partial charge on any atom is 0.416 e. The van der Waals surface area contributed by atoms with Crippen LogP contribution in [-0.4, -0.2) is 37.6 Å². The van der Waals surface area contributed by atoms with Crippen molar-refractivity contribution < 1.29 is 22.7 Å². The fraction of sp³-hybridized carbons (Fsp3) is 0.409. The Morgan fingerprint density at radius 3 is 2.38 bits per heavy atom. The fourth-order valence-corrected chi connectivity index (χ4v) is 3.70. The molecule has 1 unspecified atom stereocenters. The highest BCUT2D eigenvalue weighted by Gasteiger charge is 2.30. The number of likely N-dealkylation sites (tertiary alicyclic amines) is 1. The number of hydrogen-bond donors (Lipinski definition) is 1. The lowest BCUT2D eigenvalue weighted by molar-refractivity contribution is -0.137. The molecule has 1 N–H and O–H groups in total. The third-order valence-electron chi connectivity index (χ3n) is 5.22. The van der Waals surface area contributed by atoms with E-state index in [4.69, 9.17) is 4.74 Å². The van der Waals surface area contributed by atoms with Gasteiger partial charge >= 0.3 is 6.18 Å². The van der Waals surface area contributed by atoms with E-state index < -0.39 is 11.7 Å². The Kier molecular flexibility index (Phi) is 6.79. The van der Waals surface area contributed by atoms with Crippen LogP contribution in [0.1, 0.15) is 35.6 Å². The van der Waals surface area contributed by atoms with Crippen molar-refractivity contribution in [3.8, 4) is 5.75 Å². The van der Waals surface area contributed by atoms with Gasteiger partial charge in [0.25, 0.3) is 0 Å². The predicted molar refractivity (Wildman–Crippen MR) is 105 cm³/mol. The number of methoxy groups -OCH3 is 1. The van der Waals surface area contributed by atoms with E-state index in [2.05, 4.69) is 10.2 Å². The molecule has 1 aliphatic heterocycles. The average molecular weight is 406 g/mol. The number of nitrogens with zero attached hydrogens (tertiary/aromatic N) is 1. The minimum Gasteiger partial charge on any atom is -0.496 e. The average Bonchev–Trinajstić information content (AvgIpc) is 3.23. The van der Waals surface area contributed by atoms with Gasteiger partial charge in [-0.2, -0.15) is 13.2 Å². The summed E-state index contributed by atoms with van der Waals surface area (Å²) in [6.07, 6.45) is -2.11. The van der Waals surface area contributed by atoms with Gasteiger partial charge in [-0.05, 0) is 49.7 Å². The van der Waals surface area contributed by atoms with E-state index in [0.717, 1.165) is 49.4 Å². The summed E-state index contributed by atoms with van der Waals surface area (Å²) in [5.74, 6) is 0.560. The van der Waals surface area contributed by atoms with Crippen molar-refractivity contribution in [2.45, 2.75) is 31.5 Å². The quantitative estimate of drug-likeness (QED) is 0.749. The van der Waals surface area contributed by atoms with Crippen LogP contribution in [0, 0.1) is 0 Å². The number of para-hydroxylation sites is 1. The van der Waals surface area contributed by atoms with Crippen LogP contribution >= 0.6 is 0 Å². The van der Waals surface area contributed by atoms with Gasteiger partial charge in [0.2, 0.25) is 5.91 Å². The largest absolute Gasteiger partial charge is 0.496 e. The molecule has 1 saturated heterocycles. The van der Waals surface area contributed by atoms with Gasteiger partial charge in [-0.15, -0.1) is 0 Å². The topological polar surface area (TPSA) is 41.6 Å². The predicted octanol–water partition coefficient (Wildman–Crippen LogP) is 4.21. The SMILES string of the molecule is COc1ccccc1C(CNC(=O)Cc1ccc(C(F)(F)F)cc1)N1CCCC1. The summed E-state index contributed by atoms with van der Waals surface area (Å²) in [4.78, 5) is 14.7. The van der Waals surface area contributed by atoms with Crippen LogP contribution in [0.15, 0.2) is 48.5 Å². The lowest BCUT2D eigenvalue weighted by Gasteiger charge is -2.29. The number of halogens is 3. The molecule has 156 valence electrons. The molecule has 0 aromatic heterocycles. The Hall–Kier alpha value is -2.54. The summed E-state index contributed by atoms with van der Waals surface area (Å²) >= 11 is 0. The highest BCUT2D eigenvalue weighted by Crippen LogP contribution is 2.31. The second-order valence-corrected chi connectivity index (χ2v) is 7.18. The number of carbonyl (C=O) groups is 1. The van der Waals surface area contributed by atoms with Crippen LogP contribution in [0.3, 0.4) is 0 Å². The molecular formula is C22H25F3N2O2. The zero-order chi connectivity index (χ0) is 20.9. The molecule has 0 bridgehead atoms. The van der Waals surface area contributed by atoms with Gasteiger partial charge in [-0.25, -0.2) is 0 Å². The first-order chi connectivity index (χ1) is 13.9. The summed E-state index contributed by atoms with van der Waals surface area (Å²) in [6.45, 7) is 2.33. The zero-order valence-electron chi connectivity index (χ0n) is 16.3. The molecule has 0 radical (unpaired) electrons. The van der Waals surface area contributed by atoms with E-state index in [9.17, 15) is 18.0 Å². The highest BCUT2D eigenvalue weighted by molar-refractivity contribution is 5.78. The van der Waals surface area contributed by atoms with Crippen molar-refractivity contribution in [1.82, 2.24) is 10.2 Å². The van der Waals surface area contributed by atoms with E-state index >= 15 is 0 Å². The molecule has 4 nitrogen and oxygen atoms in total. The smallest absolute Gasteiger partial charge is 0.416 e. The Balaban J connectivity index is 1.65. The van der Waals surface area contributed by atoms with E-state index in [1.165, 1.54) is 12.1 Å². The van der Waals surface area contributed by atoms with E-state index in [1.807, 2.05) is 24.3 Å². The molecule has 29 heavy (non-hydrogen) atoms. The molecule has 1 aliphatic rings. The second-order valence-electron chi connectivity index (χ2n) is 7.18. The number of alkyl halides is 3. The van der Waals surface area contributed by atoms with Gasteiger partial charge in [-0.3, -0.25) is 9.69 Å². The fourth-order valence-electron chi connectivity index (χ4n) is 3.70. The minimum atomic E-state index is -4.38. The van der Waals surface area contributed by atoms with Crippen molar-refractivity contribution in [2.75, 3.05) is 26.7 Å². The normalized spacial score (nSPS) is 15.9. The molecule has 1 fully saturated rings. The number of benzene rings is 2. The standard InChI is InChI=1S/C22H25F3N2O2/c1-29-20-7-3-2-6-18(20)19(27-12-4-5-13-27)15-26-21(28)14-16-8-10-17(11-9-16)22(23,24)25/h2-3,6-11,19H,4-5,12-15H2,1H3,(H,26,28). The number of carbonyl (C=O) groups excluding carboxylic acids is 1. The monoisotopic (exact) mass is 406 g/mol. The number of amides is 1. The van der Waals surface area contributed by atoms with Gasteiger partial charge in [0.1, 0.15) is 5.75 Å². The minimum absolute atomic E-state index is 0.00907. The first-order valence-corrected chi connectivity index (χ1v) is 9.68. The van der Waals surface area contributed by atoms with Crippen LogP contribution in [0.4, 0.5) is 13.2 Å². The van der Waals surface area contributed by atoms with Gasteiger partial charge in [0.05, 0.1) is 25.1 Å². The Labute approximate surface area is 168 Å². The summed E-state index contributed by atoms with van der Waals surface area (Å²) in [5.41, 5.74) is 0.851. The van der Waals surface area contributed by atoms with Gasteiger partial charge in [0.15, 0.2) is 0 Å². The second kappa shape index (κ2) is 9.31. The number of ether oxygens (including phenoxy) is 1. The summed E-state index contributed by atoms with van der Waals surface area (Å²) in [5, 5.41) is 2.94. The lowest BCUT2D eigenvalue weighted by Crippen LogP contribution is -2.37. The number of hydrogen-bond acceptors (Lipinski definition) is 3. The van der Waals surface area contributed by atoms with Crippen LogP contribution in [0.5, 0.6) is 5.75 Å². The Morgan fingerprint density at radius 2 is 1.76 bits per heavy atom. The third kappa shape index (κ3) is 5.50. The molecule has 2 aromatic rings. The maximum atomic E-state index is 12.7. The van der Waals surface area contributed by atoms with Crippen molar-refractivity contribution in [3.63, 3.8) is 0 Å². The van der Waals surface area contributed by atoms with Crippen molar-refractivity contribution in [3.05, 3.63) is 65.2 Å². The van der Waals surface area contributed by atoms with Crippen molar-refractivity contribution >= 4 is 5.91 Å². The number of nitrogens with one attached hydrogen (secondary N) is 1. The van der Waals surface area contributed by atoms with Crippen LogP contribution in [0.2, 0.25) is 0 Å². The summed E-state index contributed by atoms with van der Waals surface area (Å²) < 4.78 is 43.5.